The molecule has 2 aromatic rings. The number of nitrogens with zero attached hydrogens (tertiary/aromatic N) is 1. The van der Waals surface area contributed by atoms with Crippen molar-refractivity contribution in [1.29, 1.82) is 0 Å². The summed E-state index contributed by atoms with van der Waals surface area (Å²) in [5.41, 5.74) is 7.43. The molecule has 2 N–H and O–H groups in total. The van der Waals surface area contributed by atoms with E-state index >= 15 is 0 Å². The van der Waals surface area contributed by atoms with Gasteiger partial charge in [0.2, 0.25) is 5.91 Å². The topological polar surface area (TPSA) is 105 Å². The van der Waals surface area contributed by atoms with Gasteiger partial charge in [0.1, 0.15) is 0 Å². The highest BCUT2D eigenvalue weighted by molar-refractivity contribution is 5.94. The molecule has 0 bridgehead atoms. The van der Waals surface area contributed by atoms with Crippen LogP contribution in [-0.2, 0) is 9.47 Å². The lowest BCUT2D eigenvalue weighted by Crippen LogP contribution is -2.22. The number of nitro groups is 1. The Labute approximate surface area is 150 Å². The Kier molecular flexibility index (Phi) is 5.60. The standard InChI is InChI=1S/C19H20N2O5/c20-18(22)17-9-2-1-8-16(17)14-6-4-10-25-19(26-12-14)13-5-3-7-15(11-13)21(23)24/h1-3,5,7-9,11,14,19H,4,6,10,12H2,(H2,20,22)/t14-,19-/m0/s1. The summed E-state index contributed by atoms with van der Waals surface area (Å²) >= 11 is 0. The molecule has 0 aliphatic carbocycles. The molecule has 0 spiro atoms. The van der Waals surface area contributed by atoms with Crippen LogP contribution >= 0.6 is 0 Å². The summed E-state index contributed by atoms with van der Waals surface area (Å²) in [4.78, 5) is 22.2. The van der Waals surface area contributed by atoms with Crippen molar-refractivity contribution < 1.29 is 19.2 Å². The van der Waals surface area contributed by atoms with Crippen LogP contribution in [0.15, 0.2) is 48.5 Å². The molecule has 7 heteroatoms. The molecular weight excluding hydrogens is 336 g/mol. The predicted octanol–water partition coefficient (Wildman–Crippen LogP) is 3.30. The quantitative estimate of drug-likeness (QED) is 0.668. The lowest BCUT2D eigenvalue weighted by molar-refractivity contribution is -0.385. The van der Waals surface area contributed by atoms with Gasteiger partial charge in [-0.2, -0.15) is 0 Å². The van der Waals surface area contributed by atoms with Gasteiger partial charge in [-0.1, -0.05) is 30.3 Å². The lowest BCUT2D eigenvalue weighted by Gasteiger charge is -2.27. The van der Waals surface area contributed by atoms with Crippen molar-refractivity contribution in [1.82, 2.24) is 0 Å². The maximum Gasteiger partial charge on any atom is 0.269 e. The molecule has 0 unspecified atom stereocenters. The van der Waals surface area contributed by atoms with E-state index in [-0.39, 0.29) is 11.6 Å². The molecule has 0 aromatic heterocycles. The monoisotopic (exact) mass is 356 g/mol. The Morgan fingerprint density at radius 2 is 1.96 bits per heavy atom. The second-order valence-corrected chi connectivity index (χ2v) is 6.18. The number of nitro benzene ring substituents is 1. The molecule has 0 saturated carbocycles. The van der Waals surface area contributed by atoms with Gasteiger partial charge >= 0.3 is 0 Å². The van der Waals surface area contributed by atoms with Gasteiger partial charge in [-0.05, 0) is 24.5 Å². The van der Waals surface area contributed by atoms with Gasteiger partial charge in [0.25, 0.3) is 5.69 Å². The third-order valence-corrected chi connectivity index (χ3v) is 4.43. The van der Waals surface area contributed by atoms with Gasteiger partial charge in [-0.15, -0.1) is 0 Å². The summed E-state index contributed by atoms with van der Waals surface area (Å²) in [5, 5.41) is 11.0. The van der Waals surface area contributed by atoms with Crippen molar-refractivity contribution in [3.63, 3.8) is 0 Å². The minimum Gasteiger partial charge on any atom is -0.366 e. The number of rotatable bonds is 4. The van der Waals surface area contributed by atoms with Crippen LogP contribution in [0.25, 0.3) is 0 Å². The fourth-order valence-electron chi connectivity index (χ4n) is 3.16. The third kappa shape index (κ3) is 4.07. The number of nitrogens with two attached hydrogens (primary N) is 1. The number of primary amides is 1. The number of hydrogen-bond acceptors (Lipinski definition) is 5. The minimum atomic E-state index is -0.682. The van der Waals surface area contributed by atoms with Gasteiger partial charge < -0.3 is 15.2 Å². The Balaban J connectivity index is 1.80. The van der Waals surface area contributed by atoms with Gasteiger partial charge in [0.05, 0.1) is 18.1 Å². The molecule has 2 aromatic carbocycles. The first-order valence-electron chi connectivity index (χ1n) is 8.42. The van der Waals surface area contributed by atoms with Crippen molar-refractivity contribution >= 4 is 11.6 Å². The van der Waals surface area contributed by atoms with E-state index in [2.05, 4.69) is 0 Å². The molecule has 1 heterocycles. The average molecular weight is 356 g/mol. The van der Waals surface area contributed by atoms with Gasteiger partial charge in [0.15, 0.2) is 6.29 Å². The number of carbonyl (C=O) groups is 1. The molecule has 3 rings (SSSR count). The highest BCUT2D eigenvalue weighted by Crippen LogP contribution is 2.31. The van der Waals surface area contributed by atoms with Gasteiger partial charge in [0, 0.05) is 29.2 Å². The fourth-order valence-corrected chi connectivity index (χ4v) is 3.16. The number of carbonyl (C=O) groups excluding carboxylic acids is 1. The van der Waals surface area contributed by atoms with Crippen molar-refractivity contribution in [3.05, 3.63) is 75.3 Å². The number of non-ortho nitro benzene ring substituents is 1. The Morgan fingerprint density at radius 3 is 2.73 bits per heavy atom. The van der Waals surface area contributed by atoms with Crippen LogP contribution in [0.3, 0.4) is 0 Å². The third-order valence-electron chi connectivity index (χ3n) is 4.43. The highest BCUT2D eigenvalue weighted by Gasteiger charge is 2.24. The van der Waals surface area contributed by atoms with Crippen LogP contribution < -0.4 is 5.73 Å². The molecule has 136 valence electrons. The summed E-state index contributed by atoms with van der Waals surface area (Å²) in [5.74, 6) is -0.460. The average Bonchev–Trinajstić information content (AvgIpc) is 2.62. The molecule has 26 heavy (non-hydrogen) atoms. The zero-order valence-corrected chi connectivity index (χ0v) is 14.2. The second-order valence-electron chi connectivity index (χ2n) is 6.18. The van der Waals surface area contributed by atoms with Crippen LogP contribution in [0.1, 0.15) is 46.5 Å². The van der Waals surface area contributed by atoms with Crippen molar-refractivity contribution in [2.75, 3.05) is 13.2 Å². The summed E-state index contributed by atoms with van der Waals surface area (Å²) in [6.07, 6.45) is 0.900. The van der Waals surface area contributed by atoms with E-state index in [1.54, 1.807) is 24.3 Å². The summed E-state index contributed by atoms with van der Waals surface area (Å²) in [7, 11) is 0. The number of ether oxygens (including phenoxy) is 2. The number of hydrogen-bond donors (Lipinski definition) is 1. The predicted molar refractivity (Wildman–Crippen MR) is 94.7 cm³/mol. The first kappa shape index (κ1) is 18.0. The van der Waals surface area contributed by atoms with E-state index in [1.165, 1.54) is 12.1 Å². The number of amides is 1. The normalized spacial score (nSPS) is 20.8. The van der Waals surface area contributed by atoms with E-state index in [1.807, 2.05) is 12.1 Å². The van der Waals surface area contributed by atoms with Crippen LogP contribution in [-0.4, -0.2) is 24.0 Å². The van der Waals surface area contributed by atoms with E-state index in [0.717, 1.165) is 18.4 Å². The van der Waals surface area contributed by atoms with Gasteiger partial charge in [-0.25, -0.2) is 0 Å². The molecule has 2 atom stereocenters. The molecule has 1 fully saturated rings. The zero-order chi connectivity index (χ0) is 18.5. The minimum absolute atomic E-state index is 0.00352. The molecule has 1 aliphatic heterocycles. The number of benzene rings is 2. The van der Waals surface area contributed by atoms with Crippen molar-refractivity contribution in [2.24, 2.45) is 5.73 Å². The van der Waals surface area contributed by atoms with Crippen LogP contribution in [0.4, 0.5) is 5.69 Å². The van der Waals surface area contributed by atoms with Crippen molar-refractivity contribution in [2.45, 2.75) is 25.0 Å². The Hall–Kier alpha value is -2.77. The first-order valence-corrected chi connectivity index (χ1v) is 8.42. The SMILES string of the molecule is NC(=O)c1ccccc1[C@H]1CCCO[C@H](c2cccc([N+](=O)[O-])c2)OC1. The van der Waals surface area contributed by atoms with E-state index in [0.29, 0.717) is 24.3 Å². The highest BCUT2D eigenvalue weighted by atomic mass is 16.7. The van der Waals surface area contributed by atoms with E-state index in [9.17, 15) is 14.9 Å². The molecule has 7 nitrogen and oxygen atoms in total. The fraction of sp³-hybridized carbons (Fsp3) is 0.316. The summed E-state index contributed by atoms with van der Waals surface area (Å²) in [6.45, 7) is 0.792. The van der Waals surface area contributed by atoms with Crippen LogP contribution in [0.2, 0.25) is 0 Å². The second kappa shape index (κ2) is 8.07. The molecule has 0 radical (unpaired) electrons. The van der Waals surface area contributed by atoms with Crippen LogP contribution in [0, 0.1) is 10.1 Å². The van der Waals surface area contributed by atoms with Gasteiger partial charge in [-0.3, -0.25) is 14.9 Å². The summed E-state index contributed by atoms with van der Waals surface area (Å²) < 4.78 is 11.6. The first-order chi connectivity index (χ1) is 12.6. The van der Waals surface area contributed by atoms with E-state index in [4.69, 9.17) is 15.2 Å². The largest absolute Gasteiger partial charge is 0.366 e. The zero-order valence-electron chi connectivity index (χ0n) is 14.2. The smallest absolute Gasteiger partial charge is 0.269 e. The van der Waals surface area contributed by atoms with E-state index < -0.39 is 17.1 Å². The maximum absolute atomic E-state index is 11.7. The van der Waals surface area contributed by atoms with Crippen molar-refractivity contribution in [3.8, 4) is 0 Å². The summed E-state index contributed by atoms with van der Waals surface area (Å²) in [6, 6.07) is 13.5. The Morgan fingerprint density at radius 1 is 1.15 bits per heavy atom. The molecule has 1 amide bonds. The molecular formula is C19H20N2O5. The molecule has 1 aliphatic rings. The Bertz CT molecular complexity index is 808. The maximum atomic E-state index is 11.7. The lowest BCUT2D eigenvalue weighted by atomic mass is 9.90. The van der Waals surface area contributed by atoms with Crippen LogP contribution in [0.5, 0.6) is 0 Å². The molecule has 1 saturated heterocycles.